The van der Waals surface area contributed by atoms with Crippen LogP contribution in [0.25, 0.3) is 0 Å². The minimum Gasteiger partial charge on any atom is -0.298 e. The fraction of sp³-hybridized carbons (Fsp3) is 0.500. The standard InChI is InChI=1S/C12H16BrClFN/c1-2-6-16(7-5-13)9-10-8-11(14)3-4-12(10)15/h3-4,8H,2,5-7,9H2,1H3. The number of halogens is 3. The van der Waals surface area contributed by atoms with E-state index in [0.29, 0.717) is 17.1 Å². The summed E-state index contributed by atoms with van der Waals surface area (Å²) < 4.78 is 13.5. The van der Waals surface area contributed by atoms with Gasteiger partial charge in [0.2, 0.25) is 0 Å². The fourth-order valence-corrected chi connectivity index (χ4v) is 2.31. The molecule has 0 amide bonds. The van der Waals surface area contributed by atoms with Crippen molar-refractivity contribution in [3.05, 3.63) is 34.6 Å². The van der Waals surface area contributed by atoms with Crippen LogP contribution in [-0.4, -0.2) is 23.3 Å². The van der Waals surface area contributed by atoms with Crippen molar-refractivity contribution in [2.75, 3.05) is 18.4 Å². The van der Waals surface area contributed by atoms with Crippen LogP contribution in [0.1, 0.15) is 18.9 Å². The van der Waals surface area contributed by atoms with Gasteiger partial charge in [0.15, 0.2) is 0 Å². The van der Waals surface area contributed by atoms with Crippen LogP contribution in [0.15, 0.2) is 18.2 Å². The Morgan fingerprint density at radius 2 is 2.12 bits per heavy atom. The van der Waals surface area contributed by atoms with Gasteiger partial charge >= 0.3 is 0 Å². The first-order chi connectivity index (χ1) is 7.67. The van der Waals surface area contributed by atoms with Crippen LogP contribution in [0.5, 0.6) is 0 Å². The van der Waals surface area contributed by atoms with Crippen molar-refractivity contribution < 1.29 is 4.39 Å². The monoisotopic (exact) mass is 307 g/mol. The summed E-state index contributed by atoms with van der Waals surface area (Å²) in [5.74, 6) is -0.180. The van der Waals surface area contributed by atoms with Gasteiger partial charge in [-0.1, -0.05) is 34.5 Å². The Morgan fingerprint density at radius 3 is 2.75 bits per heavy atom. The molecule has 0 saturated carbocycles. The molecule has 1 nitrogen and oxygen atoms in total. The Kier molecular flexibility index (Phi) is 6.32. The SMILES string of the molecule is CCCN(CCBr)Cc1cc(Cl)ccc1F. The predicted octanol–water partition coefficient (Wildman–Crippen LogP) is 4.09. The Bertz CT molecular complexity index is 327. The van der Waals surface area contributed by atoms with Crippen LogP contribution in [0.4, 0.5) is 4.39 Å². The van der Waals surface area contributed by atoms with Gasteiger partial charge in [-0.2, -0.15) is 0 Å². The highest BCUT2D eigenvalue weighted by molar-refractivity contribution is 9.09. The molecule has 1 aromatic rings. The summed E-state index contributed by atoms with van der Waals surface area (Å²) in [7, 11) is 0. The number of nitrogens with zero attached hydrogens (tertiary/aromatic N) is 1. The lowest BCUT2D eigenvalue weighted by molar-refractivity contribution is 0.279. The molecule has 0 fully saturated rings. The molecule has 0 spiro atoms. The smallest absolute Gasteiger partial charge is 0.127 e. The maximum absolute atomic E-state index is 13.5. The summed E-state index contributed by atoms with van der Waals surface area (Å²) in [5.41, 5.74) is 0.668. The highest BCUT2D eigenvalue weighted by Gasteiger charge is 2.08. The van der Waals surface area contributed by atoms with Gasteiger partial charge in [-0.25, -0.2) is 4.39 Å². The molecule has 1 rings (SSSR count). The molecule has 0 heterocycles. The van der Waals surface area contributed by atoms with Crippen LogP contribution >= 0.6 is 27.5 Å². The summed E-state index contributed by atoms with van der Waals surface area (Å²) in [6.07, 6.45) is 1.06. The summed E-state index contributed by atoms with van der Waals surface area (Å²) in [6.45, 7) is 4.62. The minimum atomic E-state index is -0.180. The second kappa shape index (κ2) is 7.25. The van der Waals surface area contributed by atoms with Gasteiger partial charge in [0.25, 0.3) is 0 Å². The average Bonchev–Trinajstić information content (AvgIpc) is 2.24. The van der Waals surface area contributed by atoms with Gasteiger partial charge in [0, 0.05) is 29.0 Å². The quantitative estimate of drug-likeness (QED) is 0.716. The zero-order valence-electron chi connectivity index (χ0n) is 9.35. The molecule has 4 heteroatoms. The van der Waals surface area contributed by atoms with Crippen LogP contribution < -0.4 is 0 Å². The van der Waals surface area contributed by atoms with Crippen molar-refractivity contribution in [1.29, 1.82) is 0 Å². The van der Waals surface area contributed by atoms with Crippen LogP contribution in [0, 0.1) is 5.82 Å². The van der Waals surface area contributed by atoms with E-state index in [2.05, 4.69) is 27.8 Å². The van der Waals surface area contributed by atoms with Crippen molar-refractivity contribution in [2.45, 2.75) is 19.9 Å². The molecule has 0 saturated heterocycles. The lowest BCUT2D eigenvalue weighted by Crippen LogP contribution is -2.26. The van der Waals surface area contributed by atoms with Gasteiger partial charge in [0.1, 0.15) is 5.82 Å². The molecule has 90 valence electrons. The number of hydrogen-bond acceptors (Lipinski definition) is 1. The second-order valence-electron chi connectivity index (χ2n) is 3.70. The van der Waals surface area contributed by atoms with E-state index in [1.54, 1.807) is 12.1 Å². The van der Waals surface area contributed by atoms with Crippen LogP contribution in [0.3, 0.4) is 0 Å². The van der Waals surface area contributed by atoms with E-state index in [1.807, 2.05) is 0 Å². The van der Waals surface area contributed by atoms with Crippen LogP contribution in [-0.2, 0) is 6.54 Å². The lowest BCUT2D eigenvalue weighted by Gasteiger charge is -2.20. The van der Waals surface area contributed by atoms with Gasteiger partial charge in [-0.15, -0.1) is 0 Å². The summed E-state index contributed by atoms with van der Waals surface area (Å²) in [4.78, 5) is 2.21. The second-order valence-corrected chi connectivity index (χ2v) is 4.93. The number of benzene rings is 1. The Balaban J connectivity index is 2.71. The van der Waals surface area contributed by atoms with Crippen molar-refractivity contribution >= 4 is 27.5 Å². The molecule has 16 heavy (non-hydrogen) atoms. The number of hydrogen-bond donors (Lipinski definition) is 0. The molecule has 0 bridgehead atoms. The van der Waals surface area contributed by atoms with Gasteiger partial charge in [-0.05, 0) is 31.2 Å². The summed E-state index contributed by atoms with van der Waals surface area (Å²) in [6, 6.07) is 4.71. The fourth-order valence-electron chi connectivity index (χ4n) is 1.61. The molecule has 0 aliphatic heterocycles. The molecule has 1 aromatic carbocycles. The zero-order valence-corrected chi connectivity index (χ0v) is 11.7. The predicted molar refractivity (Wildman–Crippen MR) is 70.8 cm³/mol. The third kappa shape index (κ3) is 4.40. The van der Waals surface area contributed by atoms with E-state index >= 15 is 0 Å². The first-order valence-corrected chi connectivity index (χ1v) is 6.89. The largest absolute Gasteiger partial charge is 0.298 e. The highest BCUT2D eigenvalue weighted by Crippen LogP contribution is 2.16. The van der Waals surface area contributed by atoms with E-state index in [1.165, 1.54) is 6.07 Å². The Morgan fingerprint density at radius 1 is 1.38 bits per heavy atom. The average molecular weight is 309 g/mol. The molecule has 0 aliphatic carbocycles. The van der Waals surface area contributed by atoms with Crippen molar-refractivity contribution in [3.63, 3.8) is 0 Å². The summed E-state index contributed by atoms with van der Waals surface area (Å²) >= 11 is 9.26. The highest BCUT2D eigenvalue weighted by atomic mass is 79.9. The summed E-state index contributed by atoms with van der Waals surface area (Å²) in [5, 5.41) is 1.49. The van der Waals surface area contributed by atoms with Crippen molar-refractivity contribution in [3.8, 4) is 0 Å². The van der Waals surface area contributed by atoms with Crippen molar-refractivity contribution in [2.24, 2.45) is 0 Å². The van der Waals surface area contributed by atoms with E-state index in [0.717, 1.165) is 24.8 Å². The maximum atomic E-state index is 13.5. The first kappa shape index (κ1) is 13.9. The molecule has 0 atom stereocenters. The molecular weight excluding hydrogens is 292 g/mol. The Labute approximate surface area is 110 Å². The third-order valence-corrected chi connectivity index (χ3v) is 2.93. The van der Waals surface area contributed by atoms with Gasteiger partial charge < -0.3 is 0 Å². The molecular formula is C12H16BrClFN. The third-order valence-electron chi connectivity index (χ3n) is 2.34. The first-order valence-electron chi connectivity index (χ1n) is 5.39. The minimum absolute atomic E-state index is 0.180. The topological polar surface area (TPSA) is 3.24 Å². The van der Waals surface area contributed by atoms with E-state index < -0.39 is 0 Å². The van der Waals surface area contributed by atoms with Crippen LogP contribution in [0.2, 0.25) is 5.02 Å². The van der Waals surface area contributed by atoms with Crippen molar-refractivity contribution in [1.82, 2.24) is 4.90 Å². The number of alkyl halides is 1. The Hall–Kier alpha value is -0.120. The lowest BCUT2D eigenvalue weighted by atomic mass is 10.2. The molecule has 0 radical (unpaired) electrons. The van der Waals surface area contributed by atoms with Gasteiger partial charge in [0.05, 0.1) is 0 Å². The van der Waals surface area contributed by atoms with E-state index in [-0.39, 0.29) is 5.82 Å². The molecule has 0 N–H and O–H groups in total. The van der Waals surface area contributed by atoms with E-state index in [9.17, 15) is 4.39 Å². The van der Waals surface area contributed by atoms with E-state index in [4.69, 9.17) is 11.6 Å². The maximum Gasteiger partial charge on any atom is 0.127 e. The number of rotatable bonds is 6. The zero-order chi connectivity index (χ0) is 12.0. The molecule has 0 aromatic heterocycles. The molecule has 0 unspecified atom stereocenters. The molecule has 0 aliphatic rings. The normalized spacial score (nSPS) is 11.1. The van der Waals surface area contributed by atoms with Gasteiger partial charge in [-0.3, -0.25) is 4.90 Å².